The molecule has 1 atom stereocenters. The first-order valence-electron chi connectivity index (χ1n) is 8.08. The van der Waals surface area contributed by atoms with E-state index in [4.69, 9.17) is 44.3 Å². The highest BCUT2D eigenvalue weighted by Crippen LogP contribution is 2.25. The van der Waals surface area contributed by atoms with Crippen LogP contribution in [0.1, 0.15) is 15.9 Å². The van der Waals surface area contributed by atoms with Gasteiger partial charge in [-0.15, -0.1) is 0 Å². The lowest BCUT2D eigenvalue weighted by atomic mass is 10.2. The van der Waals surface area contributed by atoms with Gasteiger partial charge in [-0.3, -0.25) is 4.79 Å². The second-order valence-electron chi connectivity index (χ2n) is 5.80. The smallest absolute Gasteiger partial charge is 0.257 e. The lowest BCUT2D eigenvalue weighted by molar-refractivity contribution is -0.0647. The molecule has 1 aliphatic heterocycles. The topological polar surface area (TPSA) is 51.7 Å². The van der Waals surface area contributed by atoms with Gasteiger partial charge in [0.2, 0.25) is 0 Å². The van der Waals surface area contributed by atoms with Crippen LogP contribution in [-0.4, -0.2) is 48.2 Å². The fourth-order valence-electron chi connectivity index (χ4n) is 2.68. The molecule has 0 saturated carbocycles. The molecule has 1 amide bonds. The largest absolute Gasteiger partial charge is 0.374 e. The maximum absolute atomic E-state index is 12.6. The molecular weight excluding hydrogens is 399 g/mol. The second-order valence-corrected chi connectivity index (χ2v) is 6.97. The van der Waals surface area contributed by atoms with Crippen LogP contribution in [0.4, 0.5) is 0 Å². The third-order valence-electron chi connectivity index (χ3n) is 4.03. The van der Waals surface area contributed by atoms with Gasteiger partial charge in [-0.25, -0.2) is 4.98 Å². The number of amides is 1. The Balaban J connectivity index is 1.56. The Hall–Kier alpha value is -1.37. The summed E-state index contributed by atoms with van der Waals surface area (Å²) in [4.78, 5) is 18.3. The molecule has 0 N–H and O–H groups in total. The third kappa shape index (κ3) is 4.67. The van der Waals surface area contributed by atoms with E-state index in [9.17, 15) is 4.79 Å². The van der Waals surface area contributed by atoms with E-state index in [1.54, 1.807) is 41.4 Å². The van der Waals surface area contributed by atoms with Crippen molar-refractivity contribution in [2.75, 3.05) is 26.3 Å². The normalized spacial score (nSPS) is 17.3. The zero-order chi connectivity index (χ0) is 18.5. The molecular formula is C18H17Cl3N2O3. The van der Waals surface area contributed by atoms with Gasteiger partial charge in [0.1, 0.15) is 5.15 Å². The van der Waals surface area contributed by atoms with E-state index >= 15 is 0 Å². The fourth-order valence-corrected chi connectivity index (χ4v) is 3.39. The van der Waals surface area contributed by atoms with Gasteiger partial charge >= 0.3 is 0 Å². The molecule has 5 nitrogen and oxygen atoms in total. The van der Waals surface area contributed by atoms with Crippen molar-refractivity contribution in [3.05, 3.63) is 62.9 Å². The Morgan fingerprint density at radius 1 is 1.23 bits per heavy atom. The number of pyridine rings is 1. The van der Waals surface area contributed by atoms with Gasteiger partial charge in [-0.1, -0.05) is 40.9 Å². The van der Waals surface area contributed by atoms with Crippen molar-refractivity contribution in [1.29, 1.82) is 0 Å². The third-order valence-corrected chi connectivity index (χ3v) is 5.04. The summed E-state index contributed by atoms with van der Waals surface area (Å²) in [5, 5.41) is 1.32. The van der Waals surface area contributed by atoms with Crippen LogP contribution < -0.4 is 0 Å². The van der Waals surface area contributed by atoms with E-state index in [1.807, 2.05) is 0 Å². The number of aromatic nitrogens is 1. The maximum Gasteiger partial charge on any atom is 0.257 e. The predicted octanol–water partition coefficient (Wildman–Crippen LogP) is 4.10. The van der Waals surface area contributed by atoms with Crippen LogP contribution in [0.5, 0.6) is 0 Å². The minimum atomic E-state index is -0.232. The van der Waals surface area contributed by atoms with Crippen LogP contribution in [0.3, 0.4) is 0 Å². The number of morpholine rings is 1. The molecule has 0 aliphatic carbocycles. The maximum atomic E-state index is 12.6. The van der Waals surface area contributed by atoms with Crippen molar-refractivity contribution >= 4 is 40.7 Å². The standard InChI is InChI=1S/C18H17Cl3N2O3/c19-15-4-1-5-16(20)14(15)11-25-10-12-9-23(7-8-26-12)18(24)13-3-2-6-22-17(13)21/h1-6,12H,7-11H2/t12-/m0/s1. The first kappa shape index (κ1) is 19.4. The SMILES string of the molecule is O=C(c1cccnc1Cl)N1CCO[C@H](COCc2c(Cl)cccc2Cl)C1. The molecule has 0 bridgehead atoms. The van der Waals surface area contributed by atoms with E-state index in [0.717, 1.165) is 5.56 Å². The Morgan fingerprint density at radius 3 is 2.73 bits per heavy atom. The van der Waals surface area contributed by atoms with Gasteiger partial charge in [0.25, 0.3) is 5.91 Å². The molecule has 3 rings (SSSR count). The summed E-state index contributed by atoms with van der Waals surface area (Å²) >= 11 is 18.3. The highest BCUT2D eigenvalue weighted by molar-refractivity contribution is 6.36. The van der Waals surface area contributed by atoms with Crippen LogP contribution in [0.15, 0.2) is 36.5 Å². The van der Waals surface area contributed by atoms with E-state index < -0.39 is 0 Å². The fraction of sp³-hybridized carbons (Fsp3) is 0.333. The number of rotatable bonds is 5. The monoisotopic (exact) mass is 414 g/mol. The van der Waals surface area contributed by atoms with Crippen LogP contribution in [-0.2, 0) is 16.1 Å². The van der Waals surface area contributed by atoms with Crippen LogP contribution in [0, 0.1) is 0 Å². The number of carbonyl (C=O) groups is 1. The number of hydrogen-bond donors (Lipinski definition) is 0. The Kier molecular flexibility index (Phi) is 6.73. The summed E-state index contributed by atoms with van der Waals surface area (Å²) in [5.74, 6) is -0.162. The molecule has 0 spiro atoms. The van der Waals surface area contributed by atoms with E-state index in [2.05, 4.69) is 4.98 Å². The second kappa shape index (κ2) is 9.02. The summed E-state index contributed by atoms with van der Waals surface area (Å²) in [6.45, 7) is 1.95. The molecule has 138 valence electrons. The average molecular weight is 416 g/mol. The van der Waals surface area contributed by atoms with Crippen LogP contribution >= 0.6 is 34.8 Å². The molecule has 0 unspecified atom stereocenters. The van der Waals surface area contributed by atoms with Gasteiger partial charge in [0.15, 0.2) is 0 Å². The van der Waals surface area contributed by atoms with E-state index in [-0.39, 0.29) is 23.8 Å². The molecule has 26 heavy (non-hydrogen) atoms. The number of benzene rings is 1. The molecule has 2 heterocycles. The summed E-state index contributed by atoms with van der Waals surface area (Å²) in [5.41, 5.74) is 1.13. The predicted molar refractivity (Wildman–Crippen MR) is 101 cm³/mol. The lowest BCUT2D eigenvalue weighted by Gasteiger charge is -2.33. The molecule has 1 aromatic heterocycles. The van der Waals surface area contributed by atoms with Gasteiger partial charge in [0, 0.05) is 34.9 Å². The quantitative estimate of drug-likeness (QED) is 0.690. The van der Waals surface area contributed by atoms with Crippen LogP contribution in [0.25, 0.3) is 0 Å². The summed E-state index contributed by atoms with van der Waals surface area (Å²) in [7, 11) is 0. The minimum absolute atomic E-state index is 0.162. The first-order valence-corrected chi connectivity index (χ1v) is 9.21. The molecule has 1 saturated heterocycles. The summed E-state index contributed by atoms with van der Waals surface area (Å²) < 4.78 is 11.4. The lowest BCUT2D eigenvalue weighted by Crippen LogP contribution is -2.47. The van der Waals surface area contributed by atoms with Gasteiger partial charge in [-0.05, 0) is 24.3 Å². The Morgan fingerprint density at radius 2 is 2.00 bits per heavy atom. The molecule has 1 fully saturated rings. The first-order chi connectivity index (χ1) is 12.6. The van der Waals surface area contributed by atoms with Gasteiger partial charge in [-0.2, -0.15) is 0 Å². The molecule has 8 heteroatoms. The highest BCUT2D eigenvalue weighted by Gasteiger charge is 2.26. The number of carbonyl (C=O) groups excluding carboxylic acids is 1. The minimum Gasteiger partial charge on any atom is -0.374 e. The molecule has 2 aromatic rings. The molecule has 1 aromatic carbocycles. The number of halogens is 3. The van der Waals surface area contributed by atoms with Crippen LogP contribution in [0.2, 0.25) is 15.2 Å². The van der Waals surface area contributed by atoms with Gasteiger partial charge in [0.05, 0.1) is 31.5 Å². The number of ether oxygens (including phenoxy) is 2. The number of hydrogen-bond acceptors (Lipinski definition) is 4. The van der Waals surface area contributed by atoms with E-state index in [1.165, 1.54) is 0 Å². The molecule has 0 radical (unpaired) electrons. The van der Waals surface area contributed by atoms with Gasteiger partial charge < -0.3 is 14.4 Å². The Bertz CT molecular complexity index is 768. The summed E-state index contributed by atoms with van der Waals surface area (Å²) in [6, 6.07) is 8.67. The van der Waals surface area contributed by atoms with Crippen molar-refractivity contribution in [3.63, 3.8) is 0 Å². The summed E-state index contributed by atoms with van der Waals surface area (Å²) in [6.07, 6.45) is 1.32. The van der Waals surface area contributed by atoms with Crippen molar-refractivity contribution in [1.82, 2.24) is 9.88 Å². The zero-order valence-corrected chi connectivity index (χ0v) is 16.1. The van der Waals surface area contributed by atoms with Crippen molar-refractivity contribution in [2.24, 2.45) is 0 Å². The number of nitrogens with zero attached hydrogens (tertiary/aromatic N) is 2. The molecule has 1 aliphatic rings. The van der Waals surface area contributed by atoms with E-state index in [0.29, 0.717) is 41.9 Å². The Labute approximate surface area is 166 Å². The average Bonchev–Trinajstić information content (AvgIpc) is 2.64. The highest BCUT2D eigenvalue weighted by atomic mass is 35.5. The zero-order valence-electron chi connectivity index (χ0n) is 13.8. The van der Waals surface area contributed by atoms with Crippen molar-refractivity contribution in [2.45, 2.75) is 12.7 Å². The van der Waals surface area contributed by atoms with Crippen molar-refractivity contribution in [3.8, 4) is 0 Å². The van der Waals surface area contributed by atoms with Crippen molar-refractivity contribution < 1.29 is 14.3 Å².